The molecule has 3 aromatic rings. The topological polar surface area (TPSA) is 64.9 Å². The molecule has 31 heavy (non-hydrogen) atoms. The Hall–Kier alpha value is -3.84. The number of carbonyl (C=O) groups excluding carboxylic acids is 1. The summed E-state index contributed by atoms with van der Waals surface area (Å²) in [4.78, 5) is 12.9. The van der Waals surface area contributed by atoms with Crippen LogP contribution in [0.4, 0.5) is 5.69 Å². The van der Waals surface area contributed by atoms with Crippen molar-refractivity contribution in [3.63, 3.8) is 0 Å². The molecule has 0 aliphatic rings. The zero-order valence-electron chi connectivity index (χ0n) is 18.1. The summed E-state index contributed by atoms with van der Waals surface area (Å²) >= 11 is 0. The molecule has 0 saturated heterocycles. The summed E-state index contributed by atoms with van der Waals surface area (Å²) in [6, 6.07) is 29.1. The van der Waals surface area contributed by atoms with Gasteiger partial charge in [0.2, 0.25) is 0 Å². The molecule has 4 heteroatoms. The van der Waals surface area contributed by atoms with E-state index in [0.29, 0.717) is 0 Å². The summed E-state index contributed by atoms with van der Waals surface area (Å²) < 4.78 is 0. The Balaban J connectivity index is 1.78. The number of amides is 1. The fraction of sp³-hybridized carbons (Fsp3) is 0.185. The number of rotatable bonds is 6. The molecule has 0 unspecified atom stereocenters. The SMILES string of the molecule is CC(C)(C)c1ccc(N/C=C(/C#N)C(=O)NC(c2ccccc2)c2ccccc2)cc1. The summed E-state index contributed by atoms with van der Waals surface area (Å²) in [5, 5.41) is 15.6. The smallest absolute Gasteiger partial charge is 0.264 e. The maximum absolute atomic E-state index is 12.9. The van der Waals surface area contributed by atoms with Crippen LogP contribution in [0.3, 0.4) is 0 Å². The van der Waals surface area contributed by atoms with Gasteiger partial charge in [-0.3, -0.25) is 4.79 Å². The minimum Gasteiger partial charge on any atom is -0.360 e. The predicted octanol–water partition coefficient (Wildman–Crippen LogP) is 5.71. The van der Waals surface area contributed by atoms with Gasteiger partial charge in [0.15, 0.2) is 0 Å². The van der Waals surface area contributed by atoms with Crippen molar-refractivity contribution in [1.82, 2.24) is 5.32 Å². The van der Waals surface area contributed by atoms with E-state index in [1.54, 1.807) is 0 Å². The van der Waals surface area contributed by atoms with E-state index in [1.165, 1.54) is 11.8 Å². The summed E-state index contributed by atoms with van der Waals surface area (Å²) in [6.45, 7) is 6.47. The van der Waals surface area contributed by atoms with Gasteiger partial charge in [0.05, 0.1) is 6.04 Å². The predicted molar refractivity (Wildman–Crippen MR) is 125 cm³/mol. The summed E-state index contributed by atoms with van der Waals surface area (Å²) in [6.07, 6.45) is 1.45. The lowest BCUT2D eigenvalue weighted by Crippen LogP contribution is -2.30. The van der Waals surface area contributed by atoms with E-state index in [9.17, 15) is 10.1 Å². The normalized spacial score (nSPS) is 11.6. The van der Waals surface area contributed by atoms with Crippen molar-refractivity contribution in [3.05, 3.63) is 113 Å². The van der Waals surface area contributed by atoms with Crippen LogP contribution in [-0.2, 0) is 10.2 Å². The molecule has 0 bridgehead atoms. The first-order chi connectivity index (χ1) is 14.9. The van der Waals surface area contributed by atoms with Gasteiger partial charge in [-0.2, -0.15) is 5.26 Å². The molecule has 0 radical (unpaired) electrons. The van der Waals surface area contributed by atoms with Crippen molar-refractivity contribution in [2.75, 3.05) is 5.32 Å². The van der Waals surface area contributed by atoms with E-state index in [2.05, 4.69) is 31.4 Å². The number of hydrogen-bond donors (Lipinski definition) is 2. The van der Waals surface area contributed by atoms with Crippen LogP contribution in [0.1, 0.15) is 43.5 Å². The van der Waals surface area contributed by atoms with E-state index in [1.807, 2.05) is 91.0 Å². The first-order valence-corrected chi connectivity index (χ1v) is 10.3. The number of carbonyl (C=O) groups is 1. The Labute approximate surface area is 184 Å². The Kier molecular flexibility index (Phi) is 6.89. The number of nitrogens with zero attached hydrogens (tertiary/aromatic N) is 1. The quantitative estimate of drug-likeness (QED) is 0.405. The zero-order chi connectivity index (χ0) is 22.3. The van der Waals surface area contributed by atoms with Crippen LogP contribution in [0.5, 0.6) is 0 Å². The lowest BCUT2D eigenvalue weighted by atomic mass is 9.87. The highest BCUT2D eigenvalue weighted by molar-refractivity contribution is 5.98. The average molecular weight is 410 g/mol. The number of nitrogens with one attached hydrogen (secondary N) is 2. The molecular formula is C27H27N3O. The van der Waals surface area contributed by atoms with Gasteiger partial charge >= 0.3 is 0 Å². The molecule has 0 aliphatic carbocycles. The van der Waals surface area contributed by atoms with Crippen molar-refractivity contribution >= 4 is 11.6 Å². The molecule has 0 fully saturated rings. The van der Waals surface area contributed by atoms with E-state index < -0.39 is 5.91 Å². The third-order valence-corrected chi connectivity index (χ3v) is 5.04. The summed E-state index contributed by atoms with van der Waals surface area (Å²) in [5.74, 6) is -0.431. The van der Waals surface area contributed by atoms with E-state index in [4.69, 9.17) is 0 Å². The van der Waals surface area contributed by atoms with Crippen LogP contribution in [-0.4, -0.2) is 5.91 Å². The molecule has 2 N–H and O–H groups in total. The van der Waals surface area contributed by atoms with Gasteiger partial charge in [0, 0.05) is 11.9 Å². The highest BCUT2D eigenvalue weighted by atomic mass is 16.1. The fourth-order valence-corrected chi connectivity index (χ4v) is 3.23. The molecule has 0 heterocycles. The van der Waals surface area contributed by atoms with Crippen LogP contribution in [0, 0.1) is 11.3 Å². The van der Waals surface area contributed by atoms with E-state index in [0.717, 1.165) is 16.8 Å². The fourth-order valence-electron chi connectivity index (χ4n) is 3.23. The van der Waals surface area contributed by atoms with Crippen LogP contribution in [0.25, 0.3) is 0 Å². The van der Waals surface area contributed by atoms with E-state index >= 15 is 0 Å². The zero-order valence-corrected chi connectivity index (χ0v) is 18.1. The summed E-state index contributed by atoms with van der Waals surface area (Å²) in [7, 11) is 0. The minimum absolute atomic E-state index is 0.0109. The molecule has 0 atom stereocenters. The molecule has 0 spiro atoms. The monoisotopic (exact) mass is 409 g/mol. The maximum Gasteiger partial charge on any atom is 0.264 e. The molecule has 0 aromatic heterocycles. The Morgan fingerprint density at radius 2 is 1.39 bits per heavy atom. The van der Waals surface area contributed by atoms with Crippen molar-refractivity contribution < 1.29 is 4.79 Å². The Bertz CT molecular complexity index is 1030. The van der Waals surface area contributed by atoms with Crippen molar-refractivity contribution in [3.8, 4) is 6.07 Å². The van der Waals surface area contributed by atoms with Crippen LogP contribution in [0.2, 0.25) is 0 Å². The van der Waals surface area contributed by atoms with Crippen LogP contribution >= 0.6 is 0 Å². The van der Waals surface area contributed by atoms with Gasteiger partial charge in [0.25, 0.3) is 5.91 Å². The number of hydrogen-bond acceptors (Lipinski definition) is 3. The van der Waals surface area contributed by atoms with Gasteiger partial charge in [-0.05, 0) is 34.2 Å². The summed E-state index contributed by atoms with van der Waals surface area (Å²) in [5.41, 5.74) is 4.01. The van der Waals surface area contributed by atoms with Gasteiger partial charge in [0.1, 0.15) is 11.6 Å². The Morgan fingerprint density at radius 3 is 1.84 bits per heavy atom. The molecule has 1 amide bonds. The molecule has 0 saturated carbocycles. The highest BCUT2D eigenvalue weighted by Gasteiger charge is 2.19. The number of benzene rings is 3. The van der Waals surface area contributed by atoms with Crippen LogP contribution < -0.4 is 10.6 Å². The van der Waals surface area contributed by atoms with E-state index in [-0.39, 0.29) is 17.0 Å². The third-order valence-electron chi connectivity index (χ3n) is 5.04. The van der Waals surface area contributed by atoms with Gasteiger partial charge in [-0.15, -0.1) is 0 Å². The highest BCUT2D eigenvalue weighted by Crippen LogP contribution is 2.24. The van der Waals surface area contributed by atoms with Crippen molar-refractivity contribution in [2.45, 2.75) is 32.2 Å². The second-order valence-electron chi connectivity index (χ2n) is 8.37. The van der Waals surface area contributed by atoms with Gasteiger partial charge in [-0.25, -0.2) is 0 Å². The molecule has 3 rings (SSSR count). The first kappa shape index (κ1) is 21.9. The van der Waals surface area contributed by atoms with Crippen LogP contribution in [0.15, 0.2) is 96.7 Å². The van der Waals surface area contributed by atoms with Gasteiger partial charge in [-0.1, -0.05) is 93.6 Å². The molecule has 4 nitrogen and oxygen atoms in total. The lowest BCUT2D eigenvalue weighted by molar-refractivity contribution is -0.117. The van der Waals surface area contributed by atoms with Crippen molar-refractivity contribution in [1.29, 1.82) is 5.26 Å². The third kappa shape index (κ3) is 5.83. The molecular weight excluding hydrogens is 382 g/mol. The van der Waals surface area contributed by atoms with Gasteiger partial charge < -0.3 is 10.6 Å². The largest absolute Gasteiger partial charge is 0.360 e. The first-order valence-electron chi connectivity index (χ1n) is 10.3. The molecule has 3 aromatic carbocycles. The average Bonchev–Trinajstić information content (AvgIpc) is 2.79. The second-order valence-corrected chi connectivity index (χ2v) is 8.37. The second kappa shape index (κ2) is 9.77. The Morgan fingerprint density at radius 1 is 0.871 bits per heavy atom. The van der Waals surface area contributed by atoms with Crippen molar-refractivity contribution in [2.24, 2.45) is 0 Å². The standard InChI is InChI=1S/C27H27N3O/c1-27(2,3)23-14-16-24(17-15-23)29-19-22(18-28)26(31)30-25(20-10-6-4-7-11-20)21-12-8-5-9-13-21/h4-17,19,25,29H,1-3H3,(H,30,31)/b22-19-. The minimum atomic E-state index is -0.431. The maximum atomic E-state index is 12.9. The number of anilines is 1. The molecule has 156 valence electrons. The molecule has 0 aliphatic heterocycles. The lowest BCUT2D eigenvalue weighted by Gasteiger charge is -2.20. The number of nitriles is 1.